The minimum absolute atomic E-state index is 0.745. The summed E-state index contributed by atoms with van der Waals surface area (Å²) in [5, 5.41) is 3.76. The average Bonchev–Trinajstić information content (AvgIpc) is 2.49. The fraction of sp³-hybridized carbons (Fsp3) is 1.00. The number of hydrogen-bond acceptors (Lipinski definition) is 2. The van der Waals surface area contributed by atoms with E-state index in [1.807, 2.05) is 0 Å². The molecule has 2 fully saturated rings. The van der Waals surface area contributed by atoms with Crippen LogP contribution < -0.4 is 5.32 Å². The highest BCUT2D eigenvalue weighted by Crippen LogP contribution is 2.31. The Morgan fingerprint density at radius 2 is 1.65 bits per heavy atom. The van der Waals surface area contributed by atoms with Gasteiger partial charge in [-0.1, -0.05) is 46.5 Å². The number of nitrogens with zero attached hydrogens (tertiary/aromatic N) is 1. The van der Waals surface area contributed by atoms with Crippen molar-refractivity contribution in [2.45, 2.75) is 84.2 Å². The van der Waals surface area contributed by atoms with Crippen LogP contribution in [0.3, 0.4) is 0 Å². The minimum Gasteiger partial charge on any atom is -0.311 e. The van der Waals surface area contributed by atoms with Crippen molar-refractivity contribution in [3.63, 3.8) is 0 Å². The van der Waals surface area contributed by atoms with Gasteiger partial charge in [-0.3, -0.25) is 4.90 Å². The molecule has 2 nitrogen and oxygen atoms in total. The van der Waals surface area contributed by atoms with E-state index >= 15 is 0 Å². The van der Waals surface area contributed by atoms with Crippen LogP contribution in [-0.4, -0.2) is 36.6 Å². The van der Waals surface area contributed by atoms with Crippen molar-refractivity contribution in [3.8, 4) is 0 Å². The summed E-state index contributed by atoms with van der Waals surface area (Å²) in [5.41, 5.74) is 0. The average molecular weight is 280 g/mol. The molecule has 20 heavy (non-hydrogen) atoms. The predicted octanol–water partition coefficient (Wildman–Crippen LogP) is 4.06. The summed E-state index contributed by atoms with van der Waals surface area (Å²) < 4.78 is 0. The molecular formula is C18H36N2. The highest BCUT2D eigenvalue weighted by Gasteiger charge is 2.29. The summed E-state index contributed by atoms with van der Waals surface area (Å²) >= 11 is 0. The molecule has 0 aromatic rings. The highest BCUT2D eigenvalue weighted by molar-refractivity contribution is 4.87. The lowest BCUT2D eigenvalue weighted by molar-refractivity contribution is 0.0888. The molecule has 0 aromatic heterocycles. The van der Waals surface area contributed by atoms with Gasteiger partial charge in [0.25, 0.3) is 0 Å². The molecule has 1 saturated carbocycles. The van der Waals surface area contributed by atoms with Gasteiger partial charge in [0.1, 0.15) is 0 Å². The summed E-state index contributed by atoms with van der Waals surface area (Å²) in [7, 11) is 0. The Balaban J connectivity index is 1.81. The van der Waals surface area contributed by atoms with Gasteiger partial charge in [0.2, 0.25) is 0 Å². The van der Waals surface area contributed by atoms with E-state index in [0.29, 0.717) is 0 Å². The topological polar surface area (TPSA) is 15.3 Å². The van der Waals surface area contributed by atoms with Crippen molar-refractivity contribution in [2.24, 2.45) is 11.8 Å². The van der Waals surface area contributed by atoms with Gasteiger partial charge in [-0.25, -0.2) is 0 Å². The van der Waals surface area contributed by atoms with Crippen LogP contribution in [0.5, 0.6) is 0 Å². The first-order valence-corrected chi connectivity index (χ1v) is 9.24. The Morgan fingerprint density at radius 3 is 2.25 bits per heavy atom. The van der Waals surface area contributed by atoms with E-state index in [9.17, 15) is 0 Å². The summed E-state index contributed by atoms with van der Waals surface area (Å²) in [6, 6.07) is 1.53. The van der Waals surface area contributed by atoms with Gasteiger partial charge in [0.15, 0.2) is 0 Å². The molecule has 0 bridgehead atoms. The predicted molar refractivity (Wildman–Crippen MR) is 88.1 cm³/mol. The van der Waals surface area contributed by atoms with Crippen LogP contribution >= 0.6 is 0 Å². The van der Waals surface area contributed by atoms with Crippen LogP contribution in [0.15, 0.2) is 0 Å². The fourth-order valence-electron chi connectivity index (χ4n) is 4.25. The van der Waals surface area contributed by atoms with Crippen LogP contribution in [0.1, 0.15) is 72.1 Å². The van der Waals surface area contributed by atoms with E-state index in [4.69, 9.17) is 0 Å². The largest absolute Gasteiger partial charge is 0.311 e. The van der Waals surface area contributed by atoms with E-state index in [1.54, 1.807) is 0 Å². The SMILES string of the molecule is CCCC1CN(CC2CCC(CC)CC2)C(CC)CN1. The number of piperazine rings is 1. The van der Waals surface area contributed by atoms with Gasteiger partial charge in [-0.15, -0.1) is 0 Å². The Kier molecular flexibility index (Phi) is 6.83. The van der Waals surface area contributed by atoms with Gasteiger partial charge in [-0.05, 0) is 37.5 Å². The van der Waals surface area contributed by atoms with Crippen molar-refractivity contribution in [3.05, 3.63) is 0 Å². The van der Waals surface area contributed by atoms with Crippen molar-refractivity contribution in [2.75, 3.05) is 19.6 Å². The third-order valence-electron chi connectivity index (χ3n) is 5.76. The Labute approximate surface area is 126 Å². The van der Waals surface area contributed by atoms with Crippen LogP contribution in [-0.2, 0) is 0 Å². The maximum atomic E-state index is 3.76. The summed E-state index contributed by atoms with van der Waals surface area (Å²) in [5.74, 6) is 2.01. The standard InChI is InChI=1S/C18H36N2/c1-4-7-17-14-20(18(6-3)12-19-17)13-16-10-8-15(5-2)9-11-16/h15-19H,4-14H2,1-3H3. The Morgan fingerprint density at radius 1 is 0.950 bits per heavy atom. The van der Waals surface area contributed by atoms with Gasteiger partial charge in [-0.2, -0.15) is 0 Å². The lowest BCUT2D eigenvalue weighted by Gasteiger charge is -2.43. The van der Waals surface area contributed by atoms with Crippen molar-refractivity contribution >= 4 is 0 Å². The van der Waals surface area contributed by atoms with Gasteiger partial charge < -0.3 is 5.32 Å². The number of hydrogen-bond donors (Lipinski definition) is 1. The van der Waals surface area contributed by atoms with Crippen LogP contribution in [0.25, 0.3) is 0 Å². The van der Waals surface area contributed by atoms with Gasteiger partial charge in [0, 0.05) is 31.7 Å². The monoisotopic (exact) mass is 280 g/mol. The zero-order chi connectivity index (χ0) is 14.4. The zero-order valence-corrected chi connectivity index (χ0v) is 14.0. The molecular weight excluding hydrogens is 244 g/mol. The Bertz CT molecular complexity index is 258. The smallest absolute Gasteiger partial charge is 0.0218 e. The lowest BCUT2D eigenvalue weighted by atomic mass is 9.80. The molecule has 2 atom stereocenters. The highest BCUT2D eigenvalue weighted by atomic mass is 15.2. The summed E-state index contributed by atoms with van der Waals surface area (Å²) in [4.78, 5) is 2.83. The Hall–Kier alpha value is -0.0800. The van der Waals surface area contributed by atoms with E-state index < -0.39 is 0 Å². The molecule has 0 aromatic carbocycles. The van der Waals surface area contributed by atoms with Crippen molar-refractivity contribution in [1.82, 2.24) is 10.2 Å². The molecule has 118 valence electrons. The summed E-state index contributed by atoms with van der Waals surface area (Å²) in [6.07, 6.45) is 11.3. The van der Waals surface area contributed by atoms with Gasteiger partial charge >= 0.3 is 0 Å². The first-order valence-electron chi connectivity index (χ1n) is 9.24. The van der Waals surface area contributed by atoms with E-state index in [2.05, 4.69) is 31.0 Å². The van der Waals surface area contributed by atoms with E-state index in [1.165, 1.54) is 71.0 Å². The first-order chi connectivity index (χ1) is 9.76. The second kappa shape index (κ2) is 8.38. The summed E-state index contributed by atoms with van der Waals surface area (Å²) in [6.45, 7) is 10.9. The van der Waals surface area contributed by atoms with E-state index in [0.717, 1.165) is 23.9 Å². The quantitative estimate of drug-likeness (QED) is 0.789. The molecule has 1 saturated heterocycles. The van der Waals surface area contributed by atoms with Crippen LogP contribution in [0, 0.1) is 11.8 Å². The van der Waals surface area contributed by atoms with E-state index in [-0.39, 0.29) is 0 Å². The van der Waals surface area contributed by atoms with Crippen molar-refractivity contribution < 1.29 is 0 Å². The third kappa shape index (κ3) is 4.46. The second-order valence-electron chi connectivity index (χ2n) is 7.20. The molecule has 1 aliphatic carbocycles. The normalized spacial score (nSPS) is 36.1. The number of rotatable bonds is 6. The van der Waals surface area contributed by atoms with Crippen molar-refractivity contribution in [1.29, 1.82) is 0 Å². The maximum Gasteiger partial charge on any atom is 0.0218 e. The second-order valence-corrected chi connectivity index (χ2v) is 7.20. The van der Waals surface area contributed by atoms with Gasteiger partial charge in [0.05, 0.1) is 0 Å². The molecule has 2 rings (SSSR count). The number of nitrogens with one attached hydrogen (secondary N) is 1. The van der Waals surface area contributed by atoms with Crippen LogP contribution in [0.2, 0.25) is 0 Å². The molecule has 1 heterocycles. The fourth-order valence-corrected chi connectivity index (χ4v) is 4.25. The molecule has 1 aliphatic heterocycles. The zero-order valence-electron chi connectivity index (χ0n) is 14.0. The lowest BCUT2D eigenvalue weighted by Crippen LogP contribution is -2.57. The molecule has 1 N–H and O–H groups in total. The maximum absolute atomic E-state index is 3.76. The molecule has 0 radical (unpaired) electrons. The molecule has 2 aliphatic rings. The minimum atomic E-state index is 0.745. The molecule has 0 spiro atoms. The first kappa shape index (κ1) is 16.3. The molecule has 2 unspecified atom stereocenters. The third-order valence-corrected chi connectivity index (χ3v) is 5.76. The molecule has 2 heteroatoms. The van der Waals surface area contributed by atoms with Crippen LogP contribution in [0.4, 0.5) is 0 Å². The molecule has 0 amide bonds.